The van der Waals surface area contributed by atoms with E-state index in [-0.39, 0.29) is 18.4 Å². The van der Waals surface area contributed by atoms with E-state index in [1.54, 1.807) is 53.4 Å². The van der Waals surface area contributed by atoms with Crippen LogP contribution in [-0.2, 0) is 4.79 Å². The van der Waals surface area contributed by atoms with Crippen LogP contribution < -0.4 is 15.0 Å². The van der Waals surface area contributed by atoms with Crippen LogP contribution in [0.15, 0.2) is 61.2 Å². The number of hydrogen-bond acceptors (Lipinski definition) is 3. The monoisotopic (exact) mass is 308 g/mol. The molecule has 116 valence electrons. The fourth-order valence-corrected chi connectivity index (χ4v) is 2.40. The van der Waals surface area contributed by atoms with Crippen LogP contribution >= 0.6 is 0 Å². The predicted molar refractivity (Wildman–Crippen MR) is 88.9 cm³/mol. The van der Waals surface area contributed by atoms with Gasteiger partial charge in [0.15, 0.2) is 6.61 Å². The van der Waals surface area contributed by atoms with Crippen molar-refractivity contribution in [2.24, 2.45) is 0 Å². The molecule has 0 saturated carbocycles. The second-order valence-electron chi connectivity index (χ2n) is 5.08. The summed E-state index contributed by atoms with van der Waals surface area (Å²) in [6.07, 6.45) is 1.65. The lowest BCUT2D eigenvalue weighted by molar-refractivity contribution is -0.121. The van der Waals surface area contributed by atoms with Crippen LogP contribution in [0.4, 0.5) is 11.4 Å². The van der Waals surface area contributed by atoms with E-state index in [2.05, 4.69) is 11.9 Å². The van der Waals surface area contributed by atoms with Gasteiger partial charge >= 0.3 is 0 Å². The summed E-state index contributed by atoms with van der Waals surface area (Å²) < 4.78 is 5.42. The first kappa shape index (κ1) is 14.8. The molecule has 1 N–H and O–H groups in total. The Balaban J connectivity index is 1.86. The number of carbonyl (C=O) groups is 2. The number of carbonyl (C=O) groups excluding carboxylic acids is 2. The smallest absolute Gasteiger partial charge is 0.265 e. The zero-order valence-corrected chi connectivity index (χ0v) is 12.5. The van der Waals surface area contributed by atoms with Gasteiger partial charge < -0.3 is 15.0 Å². The molecule has 1 heterocycles. The molecule has 0 spiro atoms. The van der Waals surface area contributed by atoms with E-state index in [0.29, 0.717) is 29.2 Å². The Morgan fingerprint density at radius 3 is 2.78 bits per heavy atom. The summed E-state index contributed by atoms with van der Waals surface area (Å²) in [5.74, 6) is 0.275. The highest BCUT2D eigenvalue weighted by Crippen LogP contribution is 2.34. The molecule has 0 atom stereocenters. The van der Waals surface area contributed by atoms with Gasteiger partial charge in [0.2, 0.25) is 0 Å². The van der Waals surface area contributed by atoms with Crippen LogP contribution in [0.5, 0.6) is 5.75 Å². The van der Waals surface area contributed by atoms with Crippen LogP contribution in [0.25, 0.3) is 0 Å². The quantitative estimate of drug-likeness (QED) is 0.884. The Morgan fingerprint density at radius 1 is 1.26 bits per heavy atom. The molecule has 3 rings (SSSR count). The van der Waals surface area contributed by atoms with Crippen molar-refractivity contribution >= 4 is 23.2 Å². The molecule has 0 aliphatic carbocycles. The topological polar surface area (TPSA) is 58.6 Å². The van der Waals surface area contributed by atoms with Gasteiger partial charge in [-0.3, -0.25) is 9.59 Å². The summed E-state index contributed by atoms with van der Waals surface area (Å²) in [5, 5.41) is 2.83. The first-order valence-corrected chi connectivity index (χ1v) is 7.23. The number of amides is 2. The van der Waals surface area contributed by atoms with E-state index in [4.69, 9.17) is 4.74 Å². The van der Waals surface area contributed by atoms with Gasteiger partial charge in [0.05, 0.1) is 5.69 Å². The largest absolute Gasteiger partial charge is 0.482 e. The second kappa shape index (κ2) is 6.36. The molecule has 0 fully saturated rings. The van der Waals surface area contributed by atoms with Crippen molar-refractivity contribution in [3.63, 3.8) is 0 Å². The molecule has 0 bridgehead atoms. The van der Waals surface area contributed by atoms with Crippen molar-refractivity contribution in [1.29, 1.82) is 0 Å². The Hall–Kier alpha value is -3.08. The van der Waals surface area contributed by atoms with Crippen LogP contribution in [0.2, 0.25) is 0 Å². The molecule has 2 amide bonds. The number of ether oxygens (including phenoxy) is 1. The first-order chi connectivity index (χ1) is 11.2. The van der Waals surface area contributed by atoms with Crippen LogP contribution in [0.3, 0.4) is 0 Å². The van der Waals surface area contributed by atoms with Crippen molar-refractivity contribution < 1.29 is 14.3 Å². The standard InChI is InChI=1S/C18H16N2O3/c1-2-10-20-15-11-14(8-9-16(15)23-12-17(20)21)19-18(22)13-6-4-3-5-7-13/h2-9,11H,1,10,12H2,(H,19,22). The third kappa shape index (κ3) is 3.08. The van der Waals surface area contributed by atoms with Gasteiger partial charge in [-0.25, -0.2) is 0 Å². The SMILES string of the molecule is C=CCN1C(=O)COc2ccc(NC(=O)c3ccccc3)cc21. The van der Waals surface area contributed by atoms with Crippen molar-refractivity contribution in [1.82, 2.24) is 0 Å². The number of hydrogen-bond donors (Lipinski definition) is 1. The van der Waals surface area contributed by atoms with E-state index in [9.17, 15) is 9.59 Å². The number of fused-ring (bicyclic) bond motifs is 1. The van der Waals surface area contributed by atoms with E-state index < -0.39 is 0 Å². The Labute approximate surface area is 134 Å². The van der Waals surface area contributed by atoms with E-state index in [1.807, 2.05) is 6.07 Å². The molecule has 0 radical (unpaired) electrons. The number of rotatable bonds is 4. The van der Waals surface area contributed by atoms with E-state index >= 15 is 0 Å². The summed E-state index contributed by atoms with van der Waals surface area (Å²) in [5.41, 5.74) is 1.80. The third-order valence-electron chi connectivity index (χ3n) is 3.51. The molecule has 5 nitrogen and oxygen atoms in total. The lowest BCUT2D eigenvalue weighted by Crippen LogP contribution is -2.38. The molecular formula is C18H16N2O3. The lowest BCUT2D eigenvalue weighted by Gasteiger charge is -2.28. The number of anilines is 2. The van der Waals surface area contributed by atoms with Crippen molar-refractivity contribution in [2.75, 3.05) is 23.4 Å². The van der Waals surface area contributed by atoms with Gasteiger partial charge in [0.25, 0.3) is 11.8 Å². The van der Waals surface area contributed by atoms with Crippen LogP contribution in [0.1, 0.15) is 10.4 Å². The zero-order chi connectivity index (χ0) is 16.2. The van der Waals surface area contributed by atoms with Gasteiger partial charge in [-0.2, -0.15) is 0 Å². The Bertz CT molecular complexity index is 756. The van der Waals surface area contributed by atoms with Gasteiger partial charge in [-0.1, -0.05) is 24.3 Å². The minimum Gasteiger partial charge on any atom is -0.482 e. The van der Waals surface area contributed by atoms with Crippen molar-refractivity contribution in [2.45, 2.75) is 0 Å². The third-order valence-corrected chi connectivity index (χ3v) is 3.51. The minimum atomic E-state index is -0.205. The van der Waals surface area contributed by atoms with Crippen molar-refractivity contribution in [3.8, 4) is 5.75 Å². The Kier molecular flexibility index (Phi) is 4.10. The van der Waals surface area contributed by atoms with Crippen LogP contribution in [0, 0.1) is 0 Å². The van der Waals surface area contributed by atoms with Crippen LogP contribution in [-0.4, -0.2) is 25.0 Å². The molecule has 23 heavy (non-hydrogen) atoms. The molecule has 5 heteroatoms. The number of nitrogens with one attached hydrogen (secondary N) is 1. The average molecular weight is 308 g/mol. The van der Waals surface area contributed by atoms with E-state index in [0.717, 1.165) is 0 Å². The average Bonchev–Trinajstić information content (AvgIpc) is 2.58. The molecular weight excluding hydrogens is 292 g/mol. The maximum absolute atomic E-state index is 12.2. The number of benzene rings is 2. The zero-order valence-electron chi connectivity index (χ0n) is 12.5. The maximum Gasteiger partial charge on any atom is 0.265 e. The fraction of sp³-hybridized carbons (Fsp3) is 0.111. The normalized spacial score (nSPS) is 13.0. The molecule has 0 saturated heterocycles. The molecule has 1 aliphatic rings. The number of nitrogens with zero attached hydrogens (tertiary/aromatic N) is 1. The Morgan fingerprint density at radius 2 is 2.04 bits per heavy atom. The first-order valence-electron chi connectivity index (χ1n) is 7.23. The summed E-state index contributed by atoms with van der Waals surface area (Å²) in [7, 11) is 0. The van der Waals surface area contributed by atoms with Gasteiger partial charge in [0, 0.05) is 17.8 Å². The van der Waals surface area contributed by atoms with Gasteiger partial charge in [0.1, 0.15) is 5.75 Å². The fourth-order valence-electron chi connectivity index (χ4n) is 2.40. The molecule has 0 aromatic heterocycles. The molecule has 0 unspecified atom stereocenters. The maximum atomic E-state index is 12.2. The molecule has 2 aromatic rings. The summed E-state index contributed by atoms with van der Waals surface area (Å²) in [4.78, 5) is 25.8. The predicted octanol–water partition coefficient (Wildman–Crippen LogP) is 2.85. The van der Waals surface area contributed by atoms with Gasteiger partial charge in [-0.05, 0) is 30.3 Å². The second-order valence-corrected chi connectivity index (χ2v) is 5.08. The summed E-state index contributed by atoms with van der Waals surface area (Å²) in [6.45, 7) is 4.07. The molecule has 1 aliphatic heterocycles. The highest BCUT2D eigenvalue weighted by atomic mass is 16.5. The molecule has 2 aromatic carbocycles. The highest BCUT2D eigenvalue weighted by molar-refractivity contribution is 6.05. The van der Waals surface area contributed by atoms with Crippen molar-refractivity contribution in [3.05, 3.63) is 66.7 Å². The lowest BCUT2D eigenvalue weighted by atomic mass is 10.2. The van der Waals surface area contributed by atoms with Gasteiger partial charge in [-0.15, -0.1) is 6.58 Å². The minimum absolute atomic E-state index is 0.0105. The summed E-state index contributed by atoms with van der Waals surface area (Å²) in [6, 6.07) is 14.2. The van der Waals surface area contributed by atoms with E-state index in [1.165, 1.54) is 0 Å². The highest BCUT2D eigenvalue weighted by Gasteiger charge is 2.25. The summed E-state index contributed by atoms with van der Waals surface area (Å²) >= 11 is 0.